The van der Waals surface area contributed by atoms with Crippen LogP contribution in [0.5, 0.6) is 0 Å². The number of likely N-dealkylation sites (N-methyl/N-ethyl adjacent to an activating group) is 1. The lowest BCUT2D eigenvalue weighted by Gasteiger charge is -2.32. The largest absolute Gasteiger partial charge is 0.352 e. The van der Waals surface area contributed by atoms with E-state index in [2.05, 4.69) is 54.2 Å². The number of benzene rings is 2. The number of rotatable bonds is 10. The van der Waals surface area contributed by atoms with Gasteiger partial charge in [0.15, 0.2) is 5.78 Å². The van der Waals surface area contributed by atoms with E-state index in [0.717, 1.165) is 44.7 Å². The van der Waals surface area contributed by atoms with Gasteiger partial charge in [-0.1, -0.05) is 62.4 Å². The van der Waals surface area contributed by atoms with Crippen molar-refractivity contribution >= 4 is 11.7 Å². The lowest BCUT2D eigenvalue weighted by Crippen LogP contribution is -2.43. The predicted octanol–water partition coefficient (Wildman–Crippen LogP) is 3.91. The fourth-order valence-electron chi connectivity index (χ4n) is 4.06. The van der Waals surface area contributed by atoms with Crippen molar-refractivity contribution in [3.05, 3.63) is 70.8 Å². The summed E-state index contributed by atoms with van der Waals surface area (Å²) in [5, 5.41) is 2.96. The molecule has 5 heteroatoms. The van der Waals surface area contributed by atoms with Crippen molar-refractivity contribution in [3.63, 3.8) is 0 Å². The highest BCUT2D eigenvalue weighted by atomic mass is 16.2. The maximum Gasteiger partial charge on any atom is 0.220 e. The van der Waals surface area contributed by atoms with Crippen LogP contribution in [-0.4, -0.2) is 54.7 Å². The number of amides is 1. The molecule has 1 fully saturated rings. The van der Waals surface area contributed by atoms with Gasteiger partial charge < -0.3 is 10.2 Å². The lowest BCUT2D eigenvalue weighted by molar-refractivity contribution is -0.121. The van der Waals surface area contributed by atoms with E-state index >= 15 is 0 Å². The number of carbonyl (C=O) groups is 2. The second-order valence-corrected chi connectivity index (χ2v) is 9.39. The molecule has 2 aromatic rings. The summed E-state index contributed by atoms with van der Waals surface area (Å²) in [5.41, 5.74) is 4.29. The van der Waals surface area contributed by atoms with Crippen LogP contribution < -0.4 is 5.32 Å². The van der Waals surface area contributed by atoms with E-state index in [9.17, 15) is 9.59 Å². The van der Waals surface area contributed by atoms with Crippen LogP contribution in [0.3, 0.4) is 0 Å². The van der Waals surface area contributed by atoms with Crippen LogP contribution in [0.2, 0.25) is 0 Å². The number of hydrogen-bond donors (Lipinski definition) is 1. The standard InChI is InChI=1S/C27H37N3O2/c1-21(2)17-22-7-9-25(10-8-22)26(31)11-12-27(32)28-19-23-5-4-6-24(18-23)20-30-15-13-29(3)14-16-30/h4-10,18,21H,11-17,19-20H2,1-3H3,(H,28,32). The van der Waals surface area contributed by atoms with Gasteiger partial charge in [-0.15, -0.1) is 0 Å². The molecule has 0 saturated carbocycles. The molecule has 1 N–H and O–H groups in total. The molecule has 5 nitrogen and oxygen atoms in total. The maximum atomic E-state index is 12.4. The number of nitrogens with one attached hydrogen (secondary N) is 1. The molecule has 1 aliphatic heterocycles. The highest BCUT2D eigenvalue weighted by molar-refractivity contribution is 5.97. The van der Waals surface area contributed by atoms with Crippen molar-refractivity contribution in [1.82, 2.24) is 15.1 Å². The second kappa shape index (κ2) is 11.9. The van der Waals surface area contributed by atoms with Gasteiger partial charge in [0.1, 0.15) is 0 Å². The van der Waals surface area contributed by atoms with E-state index in [0.29, 0.717) is 18.0 Å². The number of nitrogens with zero attached hydrogens (tertiary/aromatic N) is 2. The SMILES string of the molecule is CC(C)Cc1ccc(C(=O)CCC(=O)NCc2cccc(CN3CCN(C)CC3)c2)cc1. The van der Waals surface area contributed by atoms with Gasteiger partial charge in [0, 0.05) is 57.7 Å². The molecule has 0 unspecified atom stereocenters. The van der Waals surface area contributed by atoms with E-state index in [1.165, 1.54) is 11.1 Å². The summed E-state index contributed by atoms with van der Waals surface area (Å²) >= 11 is 0. The molecule has 172 valence electrons. The van der Waals surface area contributed by atoms with Crippen LogP contribution in [0.15, 0.2) is 48.5 Å². The Hall–Kier alpha value is -2.50. The summed E-state index contributed by atoms with van der Waals surface area (Å²) in [6.45, 7) is 10.2. The molecule has 0 atom stereocenters. The number of carbonyl (C=O) groups excluding carboxylic acids is 2. The summed E-state index contributed by atoms with van der Waals surface area (Å²) in [6, 6.07) is 16.2. The fraction of sp³-hybridized carbons (Fsp3) is 0.481. The van der Waals surface area contributed by atoms with Gasteiger partial charge in [-0.3, -0.25) is 14.5 Å². The molecule has 0 radical (unpaired) electrons. The van der Waals surface area contributed by atoms with Crippen LogP contribution >= 0.6 is 0 Å². The minimum atomic E-state index is -0.0840. The monoisotopic (exact) mass is 435 g/mol. The van der Waals surface area contributed by atoms with Gasteiger partial charge in [-0.05, 0) is 36.1 Å². The van der Waals surface area contributed by atoms with Gasteiger partial charge in [0.25, 0.3) is 0 Å². The van der Waals surface area contributed by atoms with E-state index < -0.39 is 0 Å². The van der Waals surface area contributed by atoms with Crippen LogP contribution in [0.1, 0.15) is 53.7 Å². The Bertz CT molecular complexity index is 884. The zero-order valence-electron chi connectivity index (χ0n) is 19.8. The number of piperazine rings is 1. The Morgan fingerprint density at radius 2 is 1.59 bits per heavy atom. The maximum absolute atomic E-state index is 12.4. The highest BCUT2D eigenvalue weighted by Crippen LogP contribution is 2.13. The Balaban J connectivity index is 1.41. The van der Waals surface area contributed by atoms with E-state index in [-0.39, 0.29) is 24.5 Å². The van der Waals surface area contributed by atoms with Crippen LogP contribution in [0, 0.1) is 5.92 Å². The predicted molar refractivity (Wildman–Crippen MR) is 130 cm³/mol. The van der Waals surface area contributed by atoms with Crippen molar-refractivity contribution in [1.29, 1.82) is 0 Å². The van der Waals surface area contributed by atoms with Crippen molar-refractivity contribution in [3.8, 4) is 0 Å². The molecule has 2 aromatic carbocycles. The third-order valence-electron chi connectivity index (χ3n) is 5.98. The third-order valence-corrected chi connectivity index (χ3v) is 5.98. The molecule has 32 heavy (non-hydrogen) atoms. The van der Waals surface area contributed by atoms with Crippen molar-refractivity contribution in [2.75, 3.05) is 33.2 Å². The summed E-state index contributed by atoms with van der Waals surface area (Å²) in [6.07, 6.45) is 1.46. The fourth-order valence-corrected chi connectivity index (χ4v) is 4.06. The molecule has 3 rings (SSSR count). The molecular weight excluding hydrogens is 398 g/mol. The van der Waals surface area contributed by atoms with Gasteiger partial charge in [0.2, 0.25) is 5.91 Å². The summed E-state index contributed by atoms with van der Waals surface area (Å²) < 4.78 is 0. The molecular formula is C27H37N3O2. The van der Waals surface area contributed by atoms with Gasteiger partial charge in [-0.2, -0.15) is 0 Å². The zero-order valence-corrected chi connectivity index (χ0v) is 19.8. The van der Waals surface area contributed by atoms with E-state index in [4.69, 9.17) is 0 Å². The van der Waals surface area contributed by atoms with Gasteiger partial charge >= 0.3 is 0 Å². The number of Topliss-reactive ketones (excluding diaryl/α,β-unsaturated/α-hetero) is 1. The summed E-state index contributed by atoms with van der Waals surface area (Å²) in [7, 11) is 2.16. The summed E-state index contributed by atoms with van der Waals surface area (Å²) in [5.74, 6) is 0.525. The molecule has 1 amide bonds. The zero-order chi connectivity index (χ0) is 22.9. The second-order valence-electron chi connectivity index (χ2n) is 9.39. The number of hydrogen-bond acceptors (Lipinski definition) is 4. The number of ketones is 1. The smallest absolute Gasteiger partial charge is 0.220 e. The van der Waals surface area contributed by atoms with Crippen LogP contribution in [0.25, 0.3) is 0 Å². The minimum Gasteiger partial charge on any atom is -0.352 e. The van der Waals surface area contributed by atoms with Gasteiger partial charge in [-0.25, -0.2) is 0 Å². The first-order chi connectivity index (χ1) is 15.4. The molecule has 1 saturated heterocycles. The van der Waals surface area contributed by atoms with Crippen LogP contribution in [-0.2, 0) is 24.3 Å². The Kier molecular flexibility index (Phi) is 9.00. The molecule has 0 aliphatic carbocycles. The third kappa shape index (κ3) is 7.88. The quantitative estimate of drug-likeness (QED) is 0.575. The first kappa shape index (κ1) is 24.1. The Labute approximate surface area is 192 Å². The summed E-state index contributed by atoms with van der Waals surface area (Å²) in [4.78, 5) is 29.5. The molecule has 0 bridgehead atoms. The average Bonchev–Trinajstić information content (AvgIpc) is 2.78. The van der Waals surface area contributed by atoms with Gasteiger partial charge in [0.05, 0.1) is 0 Å². The normalized spacial score (nSPS) is 15.1. The molecule has 1 aliphatic rings. The van der Waals surface area contributed by atoms with Crippen LogP contribution in [0.4, 0.5) is 0 Å². The first-order valence-corrected chi connectivity index (χ1v) is 11.8. The van der Waals surface area contributed by atoms with E-state index in [1.807, 2.05) is 30.3 Å². The minimum absolute atomic E-state index is 0.0189. The molecule has 1 heterocycles. The van der Waals surface area contributed by atoms with Crippen molar-refractivity contribution in [2.45, 2.75) is 46.2 Å². The lowest BCUT2D eigenvalue weighted by atomic mass is 9.99. The van der Waals surface area contributed by atoms with E-state index in [1.54, 1.807) is 0 Å². The molecule has 0 aromatic heterocycles. The average molecular weight is 436 g/mol. The van der Waals surface area contributed by atoms with Crippen molar-refractivity contribution in [2.24, 2.45) is 5.92 Å². The molecule has 0 spiro atoms. The Morgan fingerprint density at radius 3 is 2.28 bits per heavy atom. The topological polar surface area (TPSA) is 52.7 Å². The first-order valence-electron chi connectivity index (χ1n) is 11.8. The highest BCUT2D eigenvalue weighted by Gasteiger charge is 2.14. The Morgan fingerprint density at radius 1 is 0.906 bits per heavy atom. The van der Waals surface area contributed by atoms with Crippen molar-refractivity contribution < 1.29 is 9.59 Å².